The first-order chi connectivity index (χ1) is 10.1. The molecular formula is C15H23N3O3. The van der Waals surface area contributed by atoms with Crippen LogP contribution in [0.2, 0.25) is 0 Å². The maximum Gasteiger partial charge on any atom is 0.270 e. The predicted octanol–water partition coefficient (Wildman–Crippen LogP) is 2.18. The molecule has 6 nitrogen and oxygen atoms in total. The van der Waals surface area contributed by atoms with Crippen LogP contribution in [-0.2, 0) is 6.54 Å². The molecule has 0 saturated heterocycles. The molecule has 0 radical (unpaired) electrons. The van der Waals surface area contributed by atoms with E-state index in [0.717, 1.165) is 24.3 Å². The number of nitrogens with zero attached hydrogens (tertiary/aromatic N) is 2. The fraction of sp³-hybridized carbons (Fsp3) is 0.600. The van der Waals surface area contributed by atoms with Gasteiger partial charge in [0.15, 0.2) is 0 Å². The Hall–Kier alpha value is -1.66. The van der Waals surface area contributed by atoms with E-state index in [1.54, 1.807) is 12.1 Å². The molecular weight excluding hydrogens is 270 g/mol. The van der Waals surface area contributed by atoms with Gasteiger partial charge >= 0.3 is 0 Å². The van der Waals surface area contributed by atoms with Crippen molar-refractivity contribution in [3.05, 3.63) is 33.9 Å². The van der Waals surface area contributed by atoms with Gasteiger partial charge in [0.1, 0.15) is 5.75 Å². The second kappa shape index (κ2) is 7.38. The lowest BCUT2D eigenvalue weighted by Gasteiger charge is -2.13. The van der Waals surface area contributed by atoms with Crippen LogP contribution in [0, 0.1) is 10.1 Å². The third-order valence-electron chi connectivity index (χ3n) is 3.42. The third-order valence-corrected chi connectivity index (χ3v) is 3.42. The van der Waals surface area contributed by atoms with Gasteiger partial charge in [-0.05, 0) is 39.4 Å². The average Bonchev–Trinajstić information content (AvgIpc) is 3.25. The smallest absolute Gasteiger partial charge is 0.270 e. The minimum absolute atomic E-state index is 0.114. The van der Waals surface area contributed by atoms with Crippen molar-refractivity contribution in [2.24, 2.45) is 0 Å². The molecule has 0 aliphatic heterocycles. The molecule has 21 heavy (non-hydrogen) atoms. The summed E-state index contributed by atoms with van der Waals surface area (Å²) in [5, 5.41) is 14.3. The molecule has 2 rings (SSSR count). The minimum Gasteiger partial charge on any atom is -0.493 e. The Labute approximate surface area is 125 Å². The second-order valence-corrected chi connectivity index (χ2v) is 5.71. The van der Waals surface area contributed by atoms with E-state index in [-0.39, 0.29) is 10.6 Å². The summed E-state index contributed by atoms with van der Waals surface area (Å²) in [5.41, 5.74) is 0.976. The monoisotopic (exact) mass is 293 g/mol. The van der Waals surface area contributed by atoms with Crippen LogP contribution in [-0.4, -0.2) is 43.1 Å². The highest BCUT2D eigenvalue weighted by molar-refractivity contribution is 5.43. The Balaban J connectivity index is 1.97. The molecule has 6 heteroatoms. The summed E-state index contributed by atoms with van der Waals surface area (Å²) < 4.78 is 5.79. The first kappa shape index (κ1) is 15.7. The molecule has 1 aromatic carbocycles. The van der Waals surface area contributed by atoms with Gasteiger partial charge in [-0.2, -0.15) is 0 Å². The van der Waals surface area contributed by atoms with Gasteiger partial charge in [-0.25, -0.2) is 0 Å². The molecule has 0 aromatic heterocycles. The highest BCUT2D eigenvalue weighted by Gasteiger charge is 2.21. The maximum atomic E-state index is 10.9. The van der Waals surface area contributed by atoms with Crippen molar-refractivity contribution in [2.75, 3.05) is 27.2 Å². The largest absolute Gasteiger partial charge is 0.493 e. The number of nitro benzene ring substituents is 1. The standard InChI is InChI=1S/C15H23N3O3/c1-17(2)8-3-9-21-15-7-6-14(18(19)20)10-12(15)11-16-13-4-5-13/h6-7,10,13,16H,3-5,8-9,11H2,1-2H3. The molecule has 1 aromatic rings. The van der Waals surface area contributed by atoms with Gasteiger partial charge in [0.2, 0.25) is 0 Å². The van der Waals surface area contributed by atoms with E-state index < -0.39 is 0 Å². The van der Waals surface area contributed by atoms with Crippen LogP contribution < -0.4 is 10.1 Å². The Bertz CT molecular complexity index is 487. The lowest BCUT2D eigenvalue weighted by atomic mass is 10.1. The van der Waals surface area contributed by atoms with Crippen LogP contribution in [0.1, 0.15) is 24.8 Å². The van der Waals surface area contributed by atoms with Crippen molar-refractivity contribution in [2.45, 2.75) is 31.8 Å². The molecule has 0 unspecified atom stereocenters. The predicted molar refractivity (Wildman–Crippen MR) is 81.6 cm³/mol. The van der Waals surface area contributed by atoms with Crippen LogP contribution in [0.3, 0.4) is 0 Å². The Kier molecular flexibility index (Phi) is 5.52. The number of benzene rings is 1. The number of nitro groups is 1. The second-order valence-electron chi connectivity index (χ2n) is 5.71. The molecule has 1 aliphatic carbocycles. The first-order valence-electron chi connectivity index (χ1n) is 7.34. The molecule has 116 valence electrons. The summed E-state index contributed by atoms with van der Waals surface area (Å²) >= 11 is 0. The van der Waals surface area contributed by atoms with Gasteiger partial charge in [-0.1, -0.05) is 0 Å². The minimum atomic E-state index is -0.365. The van der Waals surface area contributed by atoms with E-state index in [1.165, 1.54) is 18.9 Å². The number of non-ortho nitro benzene ring substituents is 1. The van der Waals surface area contributed by atoms with Gasteiger partial charge < -0.3 is 15.0 Å². The summed E-state index contributed by atoms with van der Waals surface area (Å²) in [6.07, 6.45) is 3.31. The lowest BCUT2D eigenvalue weighted by molar-refractivity contribution is -0.384. The Morgan fingerprint density at radius 3 is 2.81 bits per heavy atom. The van der Waals surface area contributed by atoms with Gasteiger partial charge in [0.05, 0.1) is 11.5 Å². The van der Waals surface area contributed by atoms with E-state index in [2.05, 4.69) is 10.2 Å². The number of rotatable bonds is 9. The van der Waals surface area contributed by atoms with Crippen LogP contribution >= 0.6 is 0 Å². The summed E-state index contributed by atoms with van der Waals surface area (Å²) in [6.45, 7) is 2.20. The zero-order valence-corrected chi connectivity index (χ0v) is 12.7. The number of nitrogens with one attached hydrogen (secondary N) is 1. The topological polar surface area (TPSA) is 67.6 Å². The Morgan fingerprint density at radius 1 is 1.43 bits per heavy atom. The summed E-state index contributed by atoms with van der Waals surface area (Å²) in [7, 11) is 4.05. The Morgan fingerprint density at radius 2 is 2.19 bits per heavy atom. The molecule has 0 spiro atoms. The molecule has 1 saturated carbocycles. The van der Waals surface area contributed by atoms with Crippen molar-refractivity contribution < 1.29 is 9.66 Å². The van der Waals surface area contributed by atoms with Gasteiger partial charge in [-0.3, -0.25) is 10.1 Å². The molecule has 0 heterocycles. The lowest BCUT2D eigenvalue weighted by Crippen LogP contribution is -2.18. The SMILES string of the molecule is CN(C)CCCOc1ccc([N+](=O)[O-])cc1CNC1CC1. The zero-order valence-electron chi connectivity index (χ0n) is 12.7. The highest BCUT2D eigenvalue weighted by atomic mass is 16.6. The molecule has 1 fully saturated rings. The number of hydrogen-bond acceptors (Lipinski definition) is 5. The fourth-order valence-corrected chi connectivity index (χ4v) is 2.06. The van der Waals surface area contributed by atoms with E-state index in [1.807, 2.05) is 14.1 Å². The molecule has 0 bridgehead atoms. The zero-order chi connectivity index (χ0) is 15.2. The number of ether oxygens (including phenoxy) is 1. The quantitative estimate of drug-likeness (QED) is 0.429. The first-order valence-corrected chi connectivity index (χ1v) is 7.34. The fourth-order valence-electron chi connectivity index (χ4n) is 2.06. The highest BCUT2D eigenvalue weighted by Crippen LogP contribution is 2.26. The van der Waals surface area contributed by atoms with Crippen LogP contribution in [0.5, 0.6) is 5.75 Å². The van der Waals surface area contributed by atoms with Gasteiger partial charge in [-0.15, -0.1) is 0 Å². The van der Waals surface area contributed by atoms with Crippen LogP contribution in [0.15, 0.2) is 18.2 Å². The maximum absolute atomic E-state index is 10.9. The molecule has 0 atom stereocenters. The van der Waals surface area contributed by atoms with Gasteiger partial charge in [0.25, 0.3) is 5.69 Å². The summed E-state index contributed by atoms with van der Waals surface area (Å²) in [4.78, 5) is 12.6. The normalized spacial score (nSPS) is 14.4. The van der Waals surface area contributed by atoms with E-state index in [4.69, 9.17) is 4.74 Å². The third kappa shape index (κ3) is 5.32. The summed E-state index contributed by atoms with van der Waals surface area (Å²) in [6, 6.07) is 5.38. The molecule has 0 amide bonds. The molecule has 1 N–H and O–H groups in total. The average molecular weight is 293 g/mol. The van der Waals surface area contributed by atoms with Crippen LogP contribution in [0.4, 0.5) is 5.69 Å². The van der Waals surface area contributed by atoms with E-state index in [0.29, 0.717) is 19.2 Å². The van der Waals surface area contributed by atoms with Crippen molar-refractivity contribution >= 4 is 5.69 Å². The van der Waals surface area contributed by atoms with Gasteiger partial charge in [0, 0.05) is 36.8 Å². The van der Waals surface area contributed by atoms with Crippen molar-refractivity contribution in [3.63, 3.8) is 0 Å². The summed E-state index contributed by atoms with van der Waals surface area (Å²) in [5.74, 6) is 0.743. The van der Waals surface area contributed by atoms with Crippen molar-refractivity contribution in [1.82, 2.24) is 10.2 Å². The number of hydrogen-bond donors (Lipinski definition) is 1. The van der Waals surface area contributed by atoms with Crippen LogP contribution in [0.25, 0.3) is 0 Å². The van der Waals surface area contributed by atoms with Crippen molar-refractivity contribution in [1.29, 1.82) is 0 Å². The van der Waals surface area contributed by atoms with E-state index >= 15 is 0 Å². The van der Waals surface area contributed by atoms with Crippen molar-refractivity contribution in [3.8, 4) is 5.75 Å². The van der Waals surface area contributed by atoms with E-state index in [9.17, 15) is 10.1 Å². The molecule has 1 aliphatic rings.